The van der Waals surface area contributed by atoms with E-state index in [4.69, 9.17) is 9.47 Å². The predicted molar refractivity (Wildman–Crippen MR) is 188 cm³/mol. The number of hydrogen-bond donors (Lipinski definition) is 0. The van der Waals surface area contributed by atoms with E-state index >= 15 is 0 Å². The minimum Gasteiger partial charge on any atom is -0.491 e. The standard InChI is InChI=1S/C34H40Br2N8O2/c1-41(2)16-18-45-33-10-8-25(20-29(33)35)12-14-43-23-31(37-39-43)27-6-5-7-28(22-27)32-24-44(40-38-32)15-13-26-9-11-34(30(36)21-26)46-19-17-42(3)4/h5-11,20-24H,12-19H2,1-4H3. The summed E-state index contributed by atoms with van der Waals surface area (Å²) in [5.74, 6) is 1.71. The van der Waals surface area contributed by atoms with Gasteiger partial charge in [0, 0.05) is 37.3 Å². The monoisotopic (exact) mass is 750 g/mol. The van der Waals surface area contributed by atoms with Crippen molar-refractivity contribution in [3.63, 3.8) is 0 Å². The first-order valence-electron chi connectivity index (χ1n) is 15.3. The van der Waals surface area contributed by atoms with Crippen LogP contribution in [0, 0.1) is 0 Å². The molecular weight excluding hydrogens is 712 g/mol. The van der Waals surface area contributed by atoms with E-state index in [0.29, 0.717) is 13.2 Å². The maximum absolute atomic E-state index is 5.88. The maximum atomic E-state index is 5.88. The van der Waals surface area contributed by atoms with Crippen LogP contribution >= 0.6 is 31.9 Å². The minimum absolute atomic E-state index is 0.647. The van der Waals surface area contributed by atoms with Gasteiger partial charge in [-0.3, -0.25) is 9.36 Å². The molecule has 2 heterocycles. The first kappa shape index (κ1) is 33.8. The molecule has 2 aromatic heterocycles. The third-order valence-corrected chi connectivity index (χ3v) is 8.61. The zero-order valence-corrected chi connectivity index (χ0v) is 29.9. The van der Waals surface area contributed by atoms with Crippen molar-refractivity contribution in [2.24, 2.45) is 0 Å². The summed E-state index contributed by atoms with van der Waals surface area (Å²) in [6.07, 6.45) is 5.63. The molecule has 0 unspecified atom stereocenters. The quantitative estimate of drug-likeness (QED) is 0.120. The van der Waals surface area contributed by atoms with E-state index in [1.807, 2.05) is 80.3 Å². The number of rotatable bonds is 16. The van der Waals surface area contributed by atoms with Gasteiger partial charge in [0.2, 0.25) is 0 Å². The molecule has 10 nitrogen and oxygen atoms in total. The predicted octanol–water partition coefficient (Wildman–Crippen LogP) is 6.09. The highest BCUT2D eigenvalue weighted by molar-refractivity contribution is 9.10. The summed E-state index contributed by atoms with van der Waals surface area (Å²) in [7, 11) is 8.14. The molecule has 0 aliphatic rings. The van der Waals surface area contributed by atoms with Gasteiger partial charge in [-0.2, -0.15) is 0 Å². The number of benzene rings is 3. The van der Waals surface area contributed by atoms with Crippen LogP contribution in [0.4, 0.5) is 0 Å². The highest BCUT2D eigenvalue weighted by Gasteiger charge is 2.11. The molecule has 0 bridgehead atoms. The smallest absolute Gasteiger partial charge is 0.133 e. The molecule has 0 saturated heterocycles. The second-order valence-electron chi connectivity index (χ2n) is 11.6. The van der Waals surface area contributed by atoms with Gasteiger partial charge in [0.15, 0.2) is 0 Å². The first-order valence-corrected chi connectivity index (χ1v) is 16.8. The summed E-state index contributed by atoms with van der Waals surface area (Å²) in [5, 5.41) is 17.6. The zero-order valence-electron chi connectivity index (χ0n) is 26.7. The molecule has 0 N–H and O–H groups in total. The van der Waals surface area contributed by atoms with E-state index in [1.165, 1.54) is 11.1 Å². The molecule has 5 rings (SSSR count). The Morgan fingerprint density at radius 3 is 1.50 bits per heavy atom. The van der Waals surface area contributed by atoms with Crippen molar-refractivity contribution < 1.29 is 9.47 Å². The number of aromatic nitrogens is 6. The van der Waals surface area contributed by atoms with Crippen LogP contribution in [0.2, 0.25) is 0 Å². The average molecular weight is 753 g/mol. The lowest BCUT2D eigenvalue weighted by atomic mass is 10.1. The summed E-state index contributed by atoms with van der Waals surface area (Å²) < 4.78 is 17.4. The summed E-state index contributed by atoms with van der Waals surface area (Å²) in [6.45, 7) is 4.47. The van der Waals surface area contributed by atoms with Crippen molar-refractivity contribution in [3.8, 4) is 34.0 Å². The van der Waals surface area contributed by atoms with Crippen molar-refractivity contribution in [1.82, 2.24) is 39.8 Å². The van der Waals surface area contributed by atoms with Gasteiger partial charge < -0.3 is 19.3 Å². The van der Waals surface area contributed by atoms with Crippen LogP contribution in [0.3, 0.4) is 0 Å². The number of likely N-dealkylation sites (N-methyl/N-ethyl adjacent to an activating group) is 2. The SMILES string of the molecule is CN(C)CCOc1ccc(CCn2cc(-c3cccc(-c4cn(CCc5ccc(OCCN(C)C)c(Br)c5)nn4)c3)nn2)cc1Br. The lowest BCUT2D eigenvalue weighted by Gasteiger charge is -2.13. The van der Waals surface area contributed by atoms with Crippen LogP contribution in [0.15, 0.2) is 82.0 Å². The lowest BCUT2D eigenvalue weighted by molar-refractivity contribution is 0.260. The van der Waals surface area contributed by atoms with Gasteiger partial charge in [-0.25, -0.2) is 0 Å². The third-order valence-electron chi connectivity index (χ3n) is 7.38. The van der Waals surface area contributed by atoms with Crippen molar-refractivity contribution in [1.29, 1.82) is 0 Å². The van der Waals surface area contributed by atoms with Gasteiger partial charge in [0.25, 0.3) is 0 Å². The minimum atomic E-state index is 0.647. The van der Waals surface area contributed by atoms with E-state index in [9.17, 15) is 0 Å². The second kappa shape index (κ2) is 16.3. The van der Waals surface area contributed by atoms with Crippen LogP contribution in [0.5, 0.6) is 11.5 Å². The fraction of sp³-hybridized carbons (Fsp3) is 0.353. The maximum Gasteiger partial charge on any atom is 0.133 e. The highest BCUT2D eigenvalue weighted by Crippen LogP contribution is 2.28. The molecule has 46 heavy (non-hydrogen) atoms. The summed E-state index contributed by atoms with van der Waals surface area (Å²) in [4.78, 5) is 4.20. The molecule has 0 spiro atoms. The Morgan fingerprint density at radius 1 is 0.630 bits per heavy atom. The molecule has 0 aliphatic heterocycles. The topological polar surface area (TPSA) is 86.4 Å². The van der Waals surface area contributed by atoms with Gasteiger partial charge in [-0.15, -0.1) is 10.2 Å². The Morgan fingerprint density at radius 2 is 1.09 bits per heavy atom. The Kier molecular flexibility index (Phi) is 12.0. The Balaban J connectivity index is 1.15. The number of nitrogens with zero attached hydrogens (tertiary/aromatic N) is 8. The number of hydrogen-bond acceptors (Lipinski definition) is 8. The molecular formula is C34H40Br2N8O2. The lowest BCUT2D eigenvalue weighted by Crippen LogP contribution is -2.19. The van der Waals surface area contributed by atoms with E-state index in [1.54, 1.807) is 0 Å². The molecule has 0 radical (unpaired) electrons. The fourth-order valence-electron chi connectivity index (χ4n) is 4.72. The number of aryl methyl sites for hydroxylation is 4. The van der Waals surface area contributed by atoms with Gasteiger partial charge in [-0.1, -0.05) is 40.8 Å². The Labute approximate surface area is 287 Å². The fourth-order valence-corrected chi connectivity index (χ4v) is 5.80. The van der Waals surface area contributed by atoms with Crippen LogP contribution in [0.25, 0.3) is 22.5 Å². The molecule has 0 saturated carbocycles. The Bertz CT molecular complexity index is 1600. The zero-order chi connectivity index (χ0) is 32.5. The van der Waals surface area contributed by atoms with E-state index < -0.39 is 0 Å². The van der Waals surface area contributed by atoms with Crippen molar-refractivity contribution in [2.75, 3.05) is 54.5 Å². The van der Waals surface area contributed by atoms with E-state index in [-0.39, 0.29) is 0 Å². The van der Waals surface area contributed by atoms with E-state index in [0.717, 1.165) is 82.0 Å². The van der Waals surface area contributed by atoms with Crippen LogP contribution in [-0.4, -0.2) is 94.3 Å². The summed E-state index contributed by atoms with van der Waals surface area (Å²) >= 11 is 7.29. The highest BCUT2D eigenvalue weighted by atomic mass is 79.9. The number of halogens is 2. The van der Waals surface area contributed by atoms with Crippen molar-refractivity contribution in [2.45, 2.75) is 25.9 Å². The van der Waals surface area contributed by atoms with Crippen LogP contribution in [-0.2, 0) is 25.9 Å². The second-order valence-corrected chi connectivity index (χ2v) is 13.4. The molecule has 0 fully saturated rings. The summed E-state index contributed by atoms with van der Waals surface area (Å²) in [6, 6.07) is 20.6. The van der Waals surface area contributed by atoms with Crippen LogP contribution in [0.1, 0.15) is 11.1 Å². The molecule has 0 aliphatic carbocycles. The molecule has 12 heteroatoms. The van der Waals surface area contributed by atoms with Crippen molar-refractivity contribution >= 4 is 31.9 Å². The van der Waals surface area contributed by atoms with E-state index in [2.05, 4.69) is 92.6 Å². The third kappa shape index (κ3) is 9.71. The van der Waals surface area contributed by atoms with Crippen molar-refractivity contribution in [3.05, 3.63) is 93.1 Å². The summed E-state index contributed by atoms with van der Waals surface area (Å²) in [5.41, 5.74) is 6.00. The van der Waals surface area contributed by atoms with Crippen LogP contribution < -0.4 is 9.47 Å². The molecule has 242 valence electrons. The van der Waals surface area contributed by atoms with Gasteiger partial charge >= 0.3 is 0 Å². The van der Waals surface area contributed by atoms with Gasteiger partial charge in [0.1, 0.15) is 36.1 Å². The largest absolute Gasteiger partial charge is 0.491 e. The normalized spacial score (nSPS) is 11.5. The molecule has 3 aromatic carbocycles. The Hall–Kier alpha value is -3.58. The molecule has 0 amide bonds. The number of ether oxygens (including phenoxy) is 2. The van der Waals surface area contributed by atoms with Gasteiger partial charge in [0.05, 0.1) is 21.3 Å². The average Bonchev–Trinajstić information content (AvgIpc) is 3.71. The molecule has 0 atom stereocenters. The van der Waals surface area contributed by atoms with Gasteiger partial charge in [-0.05, 0) is 114 Å². The molecule has 5 aromatic rings. The first-order chi connectivity index (χ1) is 22.2.